The molecule has 0 bridgehead atoms. The molecule has 0 N–H and O–H groups in total. The van der Waals surface area contributed by atoms with Gasteiger partial charge in [-0.2, -0.15) is 0 Å². The zero-order chi connectivity index (χ0) is 26.9. The number of rotatable bonds is 3. The fraction of sp³-hybridized carbons (Fsp3) is 0. The van der Waals surface area contributed by atoms with Crippen molar-refractivity contribution >= 4 is 32.7 Å². The molecule has 8 aromatic rings. The van der Waals surface area contributed by atoms with Crippen LogP contribution >= 0.6 is 0 Å². The highest BCUT2D eigenvalue weighted by Gasteiger charge is 2.22. The van der Waals surface area contributed by atoms with Crippen molar-refractivity contribution in [3.63, 3.8) is 0 Å². The molecule has 2 heteroatoms. The molecule has 9 rings (SSSR count). The lowest BCUT2D eigenvalue weighted by Gasteiger charge is -2.11. The molecule has 0 aliphatic heterocycles. The van der Waals surface area contributed by atoms with Crippen LogP contribution in [0.15, 0.2) is 146 Å². The van der Waals surface area contributed by atoms with Crippen molar-refractivity contribution in [1.29, 1.82) is 0 Å². The molecule has 0 saturated heterocycles. The van der Waals surface area contributed by atoms with Gasteiger partial charge in [-0.25, -0.2) is 0 Å². The Kier molecular flexibility index (Phi) is 4.64. The smallest absolute Gasteiger partial charge is 0.0963 e. The van der Waals surface area contributed by atoms with E-state index in [2.05, 4.69) is 138 Å². The first-order valence-corrected chi connectivity index (χ1v) is 14.1. The standard InChI is InChI=1S/C39H24N2/c1-2-8-28(9-3-1)41-36-22-19-27(24-35(36)39-37(41)14-7-23-40-39)25-15-17-26(18-16-25)29-20-21-34-31-11-5-4-10-30(31)33-13-6-12-32(29)38(33)34/h1-24H. The van der Waals surface area contributed by atoms with Gasteiger partial charge in [-0.05, 0) is 91.7 Å². The molecule has 2 nitrogen and oxygen atoms in total. The van der Waals surface area contributed by atoms with Gasteiger partial charge in [-0.3, -0.25) is 4.98 Å². The molecule has 0 saturated carbocycles. The van der Waals surface area contributed by atoms with E-state index in [4.69, 9.17) is 4.98 Å². The van der Waals surface area contributed by atoms with Gasteiger partial charge in [0.15, 0.2) is 0 Å². The van der Waals surface area contributed by atoms with Crippen molar-refractivity contribution in [2.75, 3.05) is 0 Å². The number of fused-ring (bicyclic) bond motifs is 6. The van der Waals surface area contributed by atoms with Gasteiger partial charge in [0.05, 0.1) is 16.6 Å². The van der Waals surface area contributed by atoms with Crippen LogP contribution in [0.1, 0.15) is 0 Å². The van der Waals surface area contributed by atoms with Crippen LogP contribution in [-0.2, 0) is 0 Å². The zero-order valence-electron chi connectivity index (χ0n) is 22.3. The Bertz CT molecular complexity index is 2260. The second kappa shape index (κ2) is 8.51. The molecule has 190 valence electrons. The van der Waals surface area contributed by atoms with Crippen molar-refractivity contribution in [2.24, 2.45) is 0 Å². The lowest BCUT2D eigenvalue weighted by Crippen LogP contribution is -1.93. The van der Waals surface area contributed by atoms with Gasteiger partial charge in [0.25, 0.3) is 0 Å². The number of hydrogen-bond donors (Lipinski definition) is 0. The minimum Gasteiger partial charge on any atom is -0.308 e. The Morgan fingerprint density at radius 2 is 1.10 bits per heavy atom. The van der Waals surface area contributed by atoms with Crippen molar-refractivity contribution < 1.29 is 0 Å². The second-order valence-corrected chi connectivity index (χ2v) is 10.8. The molecule has 0 radical (unpaired) electrons. The van der Waals surface area contributed by atoms with Crippen molar-refractivity contribution in [3.05, 3.63) is 146 Å². The van der Waals surface area contributed by atoms with Gasteiger partial charge >= 0.3 is 0 Å². The SMILES string of the molecule is c1ccc(-n2c3ccc(-c4ccc(-c5ccc6c7c(cccc57)-c5ccccc5-6)cc4)cc3c3ncccc32)cc1. The number of para-hydroxylation sites is 1. The molecule has 2 aromatic heterocycles. The van der Waals surface area contributed by atoms with E-state index in [9.17, 15) is 0 Å². The summed E-state index contributed by atoms with van der Waals surface area (Å²) in [4.78, 5) is 4.79. The fourth-order valence-corrected chi connectivity index (χ4v) is 6.77. The third-order valence-corrected chi connectivity index (χ3v) is 8.61. The molecule has 0 spiro atoms. The van der Waals surface area contributed by atoms with E-state index < -0.39 is 0 Å². The minimum absolute atomic E-state index is 1.03. The average Bonchev–Trinajstić information content (AvgIpc) is 3.56. The maximum atomic E-state index is 4.79. The van der Waals surface area contributed by atoms with Gasteiger partial charge in [0.2, 0.25) is 0 Å². The third kappa shape index (κ3) is 3.22. The van der Waals surface area contributed by atoms with E-state index >= 15 is 0 Å². The first kappa shape index (κ1) is 22.4. The number of aromatic nitrogens is 2. The number of nitrogens with zero attached hydrogens (tertiary/aromatic N) is 2. The van der Waals surface area contributed by atoms with Crippen LogP contribution in [0.4, 0.5) is 0 Å². The highest BCUT2D eigenvalue weighted by Crippen LogP contribution is 2.49. The summed E-state index contributed by atoms with van der Waals surface area (Å²) in [5.41, 5.74) is 14.7. The summed E-state index contributed by atoms with van der Waals surface area (Å²) in [6.07, 6.45) is 1.88. The third-order valence-electron chi connectivity index (χ3n) is 8.61. The summed E-state index contributed by atoms with van der Waals surface area (Å²) >= 11 is 0. The molecule has 0 amide bonds. The molecule has 6 aromatic carbocycles. The normalized spacial score (nSPS) is 11.9. The van der Waals surface area contributed by atoms with Crippen LogP contribution in [-0.4, -0.2) is 9.55 Å². The molecule has 0 unspecified atom stereocenters. The number of benzene rings is 6. The monoisotopic (exact) mass is 520 g/mol. The van der Waals surface area contributed by atoms with E-state index in [1.54, 1.807) is 0 Å². The molecule has 41 heavy (non-hydrogen) atoms. The number of hydrogen-bond acceptors (Lipinski definition) is 1. The molecule has 1 aliphatic rings. The summed E-state index contributed by atoms with van der Waals surface area (Å²) in [6.45, 7) is 0. The van der Waals surface area contributed by atoms with Gasteiger partial charge < -0.3 is 4.57 Å². The summed E-state index contributed by atoms with van der Waals surface area (Å²) < 4.78 is 2.30. The van der Waals surface area contributed by atoms with Crippen molar-refractivity contribution in [1.82, 2.24) is 9.55 Å². The Morgan fingerprint density at radius 3 is 1.93 bits per heavy atom. The first-order chi connectivity index (χ1) is 20.3. The zero-order valence-corrected chi connectivity index (χ0v) is 22.3. The summed E-state index contributed by atoms with van der Waals surface area (Å²) in [5.74, 6) is 0. The molecular weight excluding hydrogens is 496 g/mol. The highest BCUT2D eigenvalue weighted by atomic mass is 15.0. The number of pyridine rings is 1. The van der Waals surface area contributed by atoms with Crippen LogP contribution in [0.5, 0.6) is 0 Å². The lowest BCUT2D eigenvalue weighted by molar-refractivity contribution is 1.18. The predicted octanol–water partition coefficient (Wildman–Crippen LogP) is 10.3. The Morgan fingerprint density at radius 1 is 0.415 bits per heavy atom. The van der Waals surface area contributed by atoms with Crippen LogP contribution in [0, 0.1) is 0 Å². The Balaban J connectivity index is 1.15. The molecule has 0 atom stereocenters. The van der Waals surface area contributed by atoms with Crippen LogP contribution in [0.2, 0.25) is 0 Å². The fourth-order valence-electron chi connectivity index (χ4n) is 6.77. The molecule has 1 aliphatic carbocycles. The Labute approximate surface area is 237 Å². The van der Waals surface area contributed by atoms with E-state index in [0.717, 1.165) is 22.1 Å². The largest absolute Gasteiger partial charge is 0.308 e. The maximum Gasteiger partial charge on any atom is 0.0963 e. The van der Waals surface area contributed by atoms with Crippen molar-refractivity contribution in [3.8, 4) is 50.2 Å². The van der Waals surface area contributed by atoms with E-state index in [1.807, 2.05) is 12.3 Å². The quantitative estimate of drug-likeness (QED) is 0.227. The van der Waals surface area contributed by atoms with Gasteiger partial charge in [-0.1, -0.05) is 103 Å². The molecule has 0 fully saturated rings. The first-order valence-electron chi connectivity index (χ1n) is 14.1. The average molecular weight is 521 g/mol. The lowest BCUT2D eigenvalue weighted by atomic mass is 9.93. The van der Waals surface area contributed by atoms with Crippen LogP contribution in [0.25, 0.3) is 82.9 Å². The second-order valence-electron chi connectivity index (χ2n) is 10.8. The van der Waals surface area contributed by atoms with Gasteiger partial charge in [-0.15, -0.1) is 0 Å². The Hall–Kier alpha value is -5.47. The molecular formula is C39H24N2. The van der Waals surface area contributed by atoms with Crippen LogP contribution < -0.4 is 0 Å². The predicted molar refractivity (Wildman–Crippen MR) is 171 cm³/mol. The van der Waals surface area contributed by atoms with E-state index in [-0.39, 0.29) is 0 Å². The summed E-state index contributed by atoms with van der Waals surface area (Å²) in [5, 5.41) is 3.84. The van der Waals surface area contributed by atoms with Crippen molar-refractivity contribution in [2.45, 2.75) is 0 Å². The molecule has 2 heterocycles. The van der Waals surface area contributed by atoms with Gasteiger partial charge in [0.1, 0.15) is 0 Å². The van der Waals surface area contributed by atoms with Gasteiger partial charge in [0, 0.05) is 17.3 Å². The topological polar surface area (TPSA) is 17.8 Å². The van der Waals surface area contributed by atoms with Crippen LogP contribution in [0.3, 0.4) is 0 Å². The highest BCUT2D eigenvalue weighted by molar-refractivity contribution is 6.18. The minimum atomic E-state index is 1.03. The van der Waals surface area contributed by atoms with E-state index in [1.165, 1.54) is 60.8 Å². The van der Waals surface area contributed by atoms with E-state index in [0.29, 0.717) is 0 Å². The maximum absolute atomic E-state index is 4.79. The summed E-state index contributed by atoms with van der Waals surface area (Å²) in [6, 6.07) is 50.5. The summed E-state index contributed by atoms with van der Waals surface area (Å²) in [7, 11) is 0.